The summed E-state index contributed by atoms with van der Waals surface area (Å²) in [7, 11) is 0. The maximum absolute atomic E-state index is 11.4. The van der Waals surface area contributed by atoms with Gasteiger partial charge < -0.3 is 10.5 Å². The van der Waals surface area contributed by atoms with Crippen LogP contribution in [0, 0.1) is 0 Å². The third kappa shape index (κ3) is 8.72. The Bertz CT molecular complexity index is 171. The van der Waals surface area contributed by atoms with Gasteiger partial charge in [-0.1, -0.05) is 52.4 Å². The molecule has 0 aliphatic heterocycles. The van der Waals surface area contributed by atoms with E-state index in [1.165, 1.54) is 19.3 Å². The van der Waals surface area contributed by atoms with Crippen LogP contribution >= 0.6 is 0 Å². The summed E-state index contributed by atoms with van der Waals surface area (Å²) in [6, 6.07) is -0.421. The average Bonchev–Trinajstić information content (AvgIpc) is 2.30. The van der Waals surface area contributed by atoms with Gasteiger partial charge in [-0.15, -0.1) is 0 Å². The highest BCUT2D eigenvalue weighted by molar-refractivity contribution is 5.75. The fourth-order valence-corrected chi connectivity index (χ4v) is 1.53. The molecule has 0 fully saturated rings. The summed E-state index contributed by atoms with van der Waals surface area (Å²) in [6.45, 7) is 4.81. The number of hydrogen-bond donors (Lipinski definition) is 1. The second kappa shape index (κ2) is 10.9. The number of nitrogens with two attached hydrogens (primary N) is 1. The van der Waals surface area contributed by atoms with Crippen molar-refractivity contribution < 1.29 is 9.53 Å². The van der Waals surface area contributed by atoms with Crippen molar-refractivity contribution >= 4 is 5.97 Å². The summed E-state index contributed by atoms with van der Waals surface area (Å²) >= 11 is 0. The Kier molecular flexibility index (Phi) is 10.5. The lowest BCUT2D eigenvalue weighted by Crippen LogP contribution is -2.32. The minimum Gasteiger partial charge on any atom is -0.465 e. The summed E-state index contributed by atoms with van der Waals surface area (Å²) in [5.74, 6) is -0.232. The van der Waals surface area contributed by atoms with Gasteiger partial charge in [-0.2, -0.15) is 0 Å². The summed E-state index contributed by atoms with van der Waals surface area (Å²) in [5, 5.41) is 0. The minimum absolute atomic E-state index is 0.232. The van der Waals surface area contributed by atoms with Gasteiger partial charge in [0.25, 0.3) is 0 Å². The fraction of sp³-hybridized carbons (Fsp3) is 0.923. The number of hydrogen-bond acceptors (Lipinski definition) is 3. The second-order valence-corrected chi connectivity index (χ2v) is 4.33. The number of carbonyl (C=O) groups excluding carboxylic acids is 1. The third-order valence-electron chi connectivity index (χ3n) is 2.66. The molecule has 2 N–H and O–H groups in total. The average molecular weight is 229 g/mol. The van der Waals surface area contributed by atoms with Crippen molar-refractivity contribution in [3.05, 3.63) is 0 Å². The molecule has 0 heterocycles. The summed E-state index contributed by atoms with van der Waals surface area (Å²) < 4.78 is 5.12. The van der Waals surface area contributed by atoms with Crippen molar-refractivity contribution in [2.24, 2.45) is 5.73 Å². The number of ether oxygens (including phenoxy) is 1. The summed E-state index contributed by atoms with van der Waals surface area (Å²) in [6.07, 6.45) is 8.65. The van der Waals surface area contributed by atoms with Crippen LogP contribution in [-0.4, -0.2) is 18.6 Å². The van der Waals surface area contributed by atoms with Crippen LogP contribution < -0.4 is 5.73 Å². The van der Waals surface area contributed by atoms with Crippen LogP contribution in [0.3, 0.4) is 0 Å². The standard InChI is InChI=1S/C13H27NO2/c1-3-5-7-8-9-11-16-13(15)12(14)10-6-4-2/h12H,3-11,14H2,1-2H3/t12-/m0/s1. The van der Waals surface area contributed by atoms with Gasteiger partial charge in [0.1, 0.15) is 6.04 Å². The zero-order chi connectivity index (χ0) is 12.2. The first-order valence-electron chi connectivity index (χ1n) is 6.64. The Hall–Kier alpha value is -0.570. The van der Waals surface area contributed by atoms with E-state index in [0.29, 0.717) is 6.61 Å². The van der Waals surface area contributed by atoms with E-state index in [4.69, 9.17) is 10.5 Å². The summed E-state index contributed by atoms with van der Waals surface area (Å²) in [5.41, 5.74) is 5.69. The third-order valence-corrected chi connectivity index (χ3v) is 2.66. The van der Waals surface area contributed by atoms with Crippen molar-refractivity contribution in [3.63, 3.8) is 0 Å². The van der Waals surface area contributed by atoms with E-state index in [9.17, 15) is 4.79 Å². The molecule has 1 atom stereocenters. The van der Waals surface area contributed by atoms with Gasteiger partial charge in [-0.25, -0.2) is 0 Å². The van der Waals surface area contributed by atoms with Crippen molar-refractivity contribution in [3.8, 4) is 0 Å². The van der Waals surface area contributed by atoms with Crippen LogP contribution in [-0.2, 0) is 9.53 Å². The Balaban J connectivity index is 3.35. The van der Waals surface area contributed by atoms with Crippen LogP contribution in [0.25, 0.3) is 0 Å². The lowest BCUT2D eigenvalue weighted by atomic mass is 10.1. The van der Waals surface area contributed by atoms with Crippen LogP contribution in [0.15, 0.2) is 0 Å². The molecule has 0 aliphatic carbocycles. The molecule has 0 aliphatic rings. The van der Waals surface area contributed by atoms with Gasteiger partial charge in [-0.3, -0.25) is 4.79 Å². The molecule has 0 amide bonds. The van der Waals surface area contributed by atoms with Gasteiger partial charge in [0, 0.05) is 0 Å². The molecular weight excluding hydrogens is 202 g/mol. The van der Waals surface area contributed by atoms with Gasteiger partial charge in [0.15, 0.2) is 0 Å². The van der Waals surface area contributed by atoms with Crippen LogP contribution in [0.1, 0.15) is 65.2 Å². The van der Waals surface area contributed by atoms with E-state index in [1.807, 2.05) is 0 Å². The molecule has 0 saturated heterocycles. The first-order chi connectivity index (χ1) is 7.72. The highest BCUT2D eigenvalue weighted by atomic mass is 16.5. The second-order valence-electron chi connectivity index (χ2n) is 4.33. The van der Waals surface area contributed by atoms with Crippen LogP contribution in [0.5, 0.6) is 0 Å². The molecule has 0 rings (SSSR count). The van der Waals surface area contributed by atoms with Gasteiger partial charge in [-0.05, 0) is 12.8 Å². The largest absolute Gasteiger partial charge is 0.465 e. The van der Waals surface area contributed by atoms with E-state index in [1.54, 1.807) is 0 Å². The number of rotatable bonds is 10. The highest BCUT2D eigenvalue weighted by Crippen LogP contribution is 2.04. The Morgan fingerprint density at radius 1 is 1.06 bits per heavy atom. The Morgan fingerprint density at radius 2 is 1.69 bits per heavy atom. The highest BCUT2D eigenvalue weighted by Gasteiger charge is 2.13. The molecule has 0 spiro atoms. The molecule has 0 aromatic carbocycles. The molecule has 0 bridgehead atoms. The Morgan fingerprint density at radius 3 is 2.31 bits per heavy atom. The van der Waals surface area contributed by atoms with Crippen LogP contribution in [0.4, 0.5) is 0 Å². The first kappa shape index (κ1) is 15.4. The maximum atomic E-state index is 11.4. The van der Waals surface area contributed by atoms with E-state index in [2.05, 4.69) is 13.8 Å². The molecule has 16 heavy (non-hydrogen) atoms. The number of esters is 1. The van der Waals surface area contributed by atoms with Gasteiger partial charge >= 0.3 is 5.97 Å². The van der Waals surface area contributed by atoms with E-state index in [0.717, 1.165) is 32.1 Å². The predicted octanol–water partition coefficient (Wildman–Crippen LogP) is 3.02. The zero-order valence-corrected chi connectivity index (χ0v) is 10.8. The van der Waals surface area contributed by atoms with Crippen molar-refractivity contribution in [2.75, 3.05) is 6.61 Å². The fourth-order valence-electron chi connectivity index (χ4n) is 1.53. The molecule has 0 radical (unpaired) electrons. The minimum atomic E-state index is -0.421. The molecule has 96 valence electrons. The lowest BCUT2D eigenvalue weighted by molar-refractivity contribution is -0.145. The van der Waals surface area contributed by atoms with Crippen LogP contribution in [0.2, 0.25) is 0 Å². The molecule has 0 unspecified atom stereocenters. The van der Waals surface area contributed by atoms with Gasteiger partial charge in [0.2, 0.25) is 0 Å². The SMILES string of the molecule is CCCCCCCOC(=O)[C@@H](N)CCCC. The molecular formula is C13H27NO2. The van der Waals surface area contributed by atoms with Crippen molar-refractivity contribution in [1.82, 2.24) is 0 Å². The molecule has 0 aromatic heterocycles. The maximum Gasteiger partial charge on any atom is 0.322 e. The van der Waals surface area contributed by atoms with Crippen molar-refractivity contribution in [2.45, 2.75) is 71.3 Å². The normalized spacial score (nSPS) is 12.4. The van der Waals surface area contributed by atoms with Gasteiger partial charge in [0.05, 0.1) is 6.61 Å². The molecule has 3 nitrogen and oxygen atoms in total. The lowest BCUT2D eigenvalue weighted by Gasteiger charge is -2.10. The number of carbonyl (C=O) groups is 1. The van der Waals surface area contributed by atoms with E-state index >= 15 is 0 Å². The van der Waals surface area contributed by atoms with Crippen molar-refractivity contribution in [1.29, 1.82) is 0 Å². The molecule has 0 saturated carbocycles. The summed E-state index contributed by atoms with van der Waals surface area (Å²) in [4.78, 5) is 11.4. The monoisotopic (exact) mass is 229 g/mol. The predicted molar refractivity (Wildman–Crippen MR) is 67.2 cm³/mol. The smallest absolute Gasteiger partial charge is 0.322 e. The van der Waals surface area contributed by atoms with E-state index < -0.39 is 6.04 Å². The molecule has 3 heteroatoms. The molecule has 0 aromatic rings. The van der Waals surface area contributed by atoms with E-state index in [-0.39, 0.29) is 5.97 Å². The Labute approximate surface area is 99.7 Å². The first-order valence-corrected chi connectivity index (χ1v) is 6.64. The zero-order valence-electron chi connectivity index (χ0n) is 10.8. The quantitative estimate of drug-likeness (QED) is 0.463. The number of unbranched alkanes of at least 4 members (excludes halogenated alkanes) is 5. The topological polar surface area (TPSA) is 52.3 Å².